The second kappa shape index (κ2) is 15.4. The Kier molecular flexibility index (Phi) is 10.9. The molecule has 1 heterocycles. The largest absolute Gasteiger partial charge is 0.504 e. The van der Waals surface area contributed by atoms with Gasteiger partial charge in [-0.15, -0.1) is 0 Å². The van der Waals surface area contributed by atoms with Crippen LogP contribution in [-0.4, -0.2) is 82.2 Å². The number of phenolic OH excluding ortho intramolecular Hbond substituents is 2. The van der Waals surface area contributed by atoms with Gasteiger partial charge in [0.15, 0.2) is 23.0 Å². The molecule has 1 aliphatic heterocycles. The third kappa shape index (κ3) is 7.92. The molecule has 11 nitrogen and oxygen atoms in total. The van der Waals surface area contributed by atoms with E-state index < -0.39 is 18.2 Å². The van der Waals surface area contributed by atoms with Crippen LogP contribution in [0.25, 0.3) is 0 Å². The number of hydrogen-bond acceptors (Lipinski definition) is 8. The summed E-state index contributed by atoms with van der Waals surface area (Å²) in [6, 6.07) is 25.4. The maximum Gasteiger partial charge on any atom is 0.339 e. The number of hydrazine groups is 1. The van der Waals surface area contributed by atoms with E-state index in [1.165, 1.54) is 36.4 Å². The zero-order valence-electron chi connectivity index (χ0n) is 27.3. The molecule has 252 valence electrons. The number of methoxy groups -OCH3 is 3. The maximum absolute atomic E-state index is 14.8. The van der Waals surface area contributed by atoms with Crippen molar-refractivity contribution in [1.29, 1.82) is 0 Å². The van der Waals surface area contributed by atoms with Crippen molar-refractivity contribution in [1.82, 2.24) is 14.9 Å². The number of aliphatic hydroxyl groups is 1. The number of β-amino-alcohol motifs (C(OH)–C–C–N with tert-alkyl or cyclic N) is 1. The van der Waals surface area contributed by atoms with Crippen LogP contribution in [0.15, 0.2) is 91.0 Å². The summed E-state index contributed by atoms with van der Waals surface area (Å²) in [4.78, 5) is 30.4. The second-order valence-electron chi connectivity index (χ2n) is 11.6. The number of aryl methyl sites for hydroxylation is 1. The highest BCUT2D eigenvalue weighted by molar-refractivity contribution is 5.82. The van der Waals surface area contributed by atoms with Gasteiger partial charge in [-0.3, -0.25) is 4.79 Å². The summed E-state index contributed by atoms with van der Waals surface area (Å²) in [5.74, 6) is 0.699. The topological polar surface area (TPSA) is 132 Å². The Morgan fingerprint density at radius 1 is 0.750 bits per heavy atom. The molecule has 0 radical (unpaired) electrons. The fourth-order valence-electron chi connectivity index (χ4n) is 5.89. The van der Waals surface area contributed by atoms with Gasteiger partial charge in [0, 0.05) is 13.0 Å². The molecule has 1 saturated heterocycles. The molecule has 3 N–H and O–H groups in total. The van der Waals surface area contributed by atoms with Crippen molar-refractivity contribution in [3.63, 3.8) is 0 Å². The number of phenols is 2. The van der Waals surface area contributed by atoms with Crippen molar-refractivity contribution in [2.24, 2.45) is 0 Å². The summed E-state index contributed by atoms with van der Waals surface area (Å²) >= 11 is 0. The van der Waals surface area contributed by atoms with Gasteiger partial charge in [-0.1, -0.05) is 54.6 Å². The molecular formula is C37H41N3O8. The highest BCUT2D eigenvalue weighted by Gasteiger charge is 2.42. The molecule has 0 saturated carbocycles. The minimum absolute atomic E-state index is 0.0411. The lowest BCUT2D eigenvalue weighted by Gasteiger charge is -2.36. The number of hydrogen-bond donors (Lipinski definition) is 3. The van der Waals surface area contributed by atoms with Crippen LogP contribution in [0.2, 0.25) is 0 Å². The van der Waals surface area contributed by atoms with Gasteiger partial charge < -0.3 is 34.4 Å². The molecule has 11 heteroatoms. The first-order valence-electron chi connectivity index (χ1n) is 15.7. The van der Waals surface area contributed by atoms with Crippen LogP contribution in [0.5, 0.6) is 28.7 Å². The predicted molar refractivity (Wildman–Crippen MR) is 179 cm³/mol. The number of rotatable bonds is 12. The van der Waals surface area contributed by atoms with E-state index in [9.17, 15) is 24.9 Å². The van der Waals surface area contributed by atoms with Crippen molar-refractivity contribution in [3.8, 4) is 28.7 Å². The minimum atomic E-state index is -1.12. The van der Waals surface area contributed by atoms with Gasteiger partial charge in [0.25, 0.3) is 0 Å². The quantitative estimate of drug-likeness (QED) is 0.196. The highest BCUT2D eigenvalue weighted by atomic mass is 16.5. The standard InChI is InChI=1S/C37H41N3O8/c1-46-29-11-7-10-26(18-29)14-17-36(44)39-24-33(43)30(19-25-8-5-4-6-9-25)38(22-27-12-15-31(41)34(20-27)47-2)37(45)40(39)23-28-13-16-32(42)35(21-28)48-3/h4-13,15-16,18,20-21,30,33,41-43H,14,17,19,22-24H2,1-3H3/t30-,33-/m1/s1. The average molecular weight is 656 g/mol. The van der Waals surface area contributed by atoms with Crippen LogP contribution in [0.1, 0.15) is 28.7 Å². The Balaban J connectivity index is 1.54. The van der Waals surface area contributed by atoms with Gasteiger partial charge in [0.05, 0.1) is 46.6 Å². The van der Waals surface area contributed by atoms with Crippen molar-refractivity contribution in [3.05, 3.63) is 113 Å². The molecule has 4 aromatic carbocycles. The number of aromatic hydroxyl groups is 2. The van der Waals surface area contributed by atoms with Crippen LogP contribution >= 0.6 is 0 Å². The van der Waals surface area contributed by atoms with E-state index in [1.807, 2.05) is 54.6 Å². The first-order chi connectivity index (χ1) is 23.2. The number of nitrogens with zero attached hydrogens (tertiary/aromatic N) is 3. The molecule has 0 bridgehead atoms. The van der Waals surface area contributed by atoms with Crippen molar-refractivity contribution >= 4 is 11.9 Å². The number of carbonyl (C=O) groups is 2. The Bertz CT molecular complexity index is 1720. The van der Waals surface area contributed by atoms with E-state index in [-0.39, 0.29) is 55.0 Å². The second-order valence-corrected chi connectivity index (χ2v) is 11.6. The maximum atomic E-state index is 14.8. The molecule has 4 aromatic rings. The summed E-state index contributed by atoms with van der Waals surface area (Å²) in [5.41, 5.74) is 3.07. The third-order valence-corrected chi connectivity index (χ3v) is 8.47. The van der Waals surface area contributed by atoms with E-state index in [1.54, 1.807) is 36.3 Å². The molecule has 3 amide bonds. The molecule has 0 spiro atoms. The van der Waals surface area contributed by atoms with E-state index in [2.05, 4.69) is 0 Å². The molecule has 48 heavy (non-hydrogen) atoms. The number of carbonyl (C=O) groups excluding carboxylic acids is 2. The summed E-state index contributed by atoms with van der Waals surface area (Å²) in [7, 11) is 4.46. The molecule has 5 rings (SSSR count). The van der Waals surface area contributed by atoms with Crippen LogP contribution in [0.4, 0.5) is 4.79 Å². The minimum Gasteiger partial charge on any atom is -0.504 e. The SMILES string of the molecule is COc1cccc(CCC(=O)N2C[C@@H](O)[C@@H](Cc3ccccc3)N(Cc3ccc(O)c(OC)c3)C(=O)N2Cc2ccc(O)c(OC)c2)c1. The molecule has 0 unspecified atom stereocenters. The molecule has 0 aromatic heterocycles. The predicted octanol–water partition coefficient (Wildman–Crippen LogP) is 4.91. The van der Waals surface area contributed by atoms with E-state index in [0.717, 1.165) is 11.1 Å². The lowest BCUT2D eigenvalue weighted by molar-refractivity contribution is -0.147. The van der Waals surface area contributed by atoms with Gasteiger partial charge in [-0.05, 0) is 71.5 Å². The van der Waals surface area contributed by atoms with Crippen LogP contribution in [-0.2, 0) is 30.7 Å². The summed E-state index contributed by atoms with van der Waals surface area (Å²) in [6.45, 7) is -0.114. The molecule has 2 atom stereocenters. The normalized spacial score (nSPS) is 16.4. The van der Waals surface area contributed by atoms with Gasteiger partial charge in [0.1, 0.15) is 5.75 Å². The fourth-order valence-corrected chi connectivity index (χ4v) is 5.89. The van der Waals surface area contributed by atoms with E-state index in [0.29, 0.717) is 29.7 Å². The monoisotopic (exact) mass is 655 g/mol. The molecular weight excluding hydrogens is 614 g/mol. The highest BCUT2D eigenvalue weighted by Crippen LogP contribution is 2.31. The molecule has 1 fully saturated rings. The number of benzene rings is 4. The Labute approximate surface area is 280 Å². The van der Waals surface area contributed by atoms with Crippen LogP contribution in [0, 0.1) is 0 Å². The Morgan fingerprint density at radius 2 is 1.38 bits per heavy atom. The van der Waals surface area contributed by atoms with E-state index in [4.69, 9.17) is 14.2 Å². The van der Waals surface area contributed by atoms with Gasteiger partial charge >= 0.3 is 6.03 Å². The van der Waals surface area contributed by atoms with Gasteiger partial charge in [-0.25, -0.2) is 14.8 Å². The van der Waals surface area contributed by atoms with Gasteiger partial charge in [0.2, 0.25) is 5.91 Å². The Morgan fingerprint density at radius 3 is 2.00 bits per heavy atom. The lowest BCUT2D eigenvalue weighted by atomic mass is 9.99. The first-order valence-corrected chi connectivity index (χ1v) is 15.7. The number of aliphatic hydroxyl groups excluding tert-OH is 1. The van der Waals surface area contributed by atoms with Crippen molar-refractivity contribution in [2.75, 3.05) is 27.9 Å². The fraction of sp³-hybridized carbons (Fsp3) is 0.297. The van der Waals surface area contributed by atoms with Crippen LogP contribution < -0.4 is 14.2 Å². The number of ether oxygens (including phenoxy) is 3. The smallest absolute Gasteiger partial charge is 0.339 e. The third-order valence-electron chi connectivity index (χ3n) is 8.47. The first kappa shape index (κ1) is 33.9. The summed E-state index contributed by atoms with van der Waals surface area (Å²) in [6.07, 6.45) is -0.327. The van der Waals surface area contributed by atoms with Gasteiger partial charge in [-0.2, -0.15) is 0 Å². The summed E-state index contributed by atoms with van der Waals surface area (Å²) < 4.78 is 16.0. The number of urea groups is 1. The molecule has 0 aliphatic carbocycles. The average Bonchev–Trinajstić information content (AvgIpc) is 3.19. The zero-order chi connectivity index (χ0) is 34.2. The van der Waals surface area contributed by atoms with E-state index >= 15 is 0 Å². The van der Waals surface area contributed by atoms with Crippen LogP contribution in [0.3, 0.4) is 0 Å². The van der Waals surface area contributed by atoms with Crippen molar-refractivity contribution < 1.29 is 39.1 Å². The zero-order valence-corrected chi connectivity index (χ0v) is 27.3. The summed E-state index contributed by atoms with van der Waals surface area (Å²) in [5, 5.41) is 35.0. The number of amides is 3. The lowest BCUT2D eigenvalue weighted by Crippen LogP contribution is -2.52. The Hall–Kier alpha value is -5.42. The van der Waals surface area contributed by atoms with Crippen molar-refractivity contribution in [2.45, 2.75) is 44.5 Å². The molecule has 1 aliphatic rings.